The van der Waals surface area contributed by atoms with Gasteiger partial charge in [0.2, 0.25) is 0 Å². The average Bonchev–Trinajstić information content (AvgIpc) is 2.80. The van der Waals surface area contributed by atoms with Crippen molar-refractivity contribution in [2.45, 2.75) is 85.1 Å². The van der Waals surface area contributed by atoms with Crippen molar-refractivity contribution in [2.75, 3.05) is 0 Å². The first-order chi connectivity index (χ1) is 9.99. The highest BCUT2D eigenvalue weighted by molar-refractivity contribution is 5.19. The van der Waals surface area contributed by atoms with Crippen molar-refractivity contribution in [3.8, 4) is 0 Å². The molecule has 5 heteroatoms. The van der Waals surface area contributed by atoms with E-state index in [4.69, 9.17) is 0 Å². The predicted octanol–water partition coefficient (Wildman–Crippen LogP) is 4.90. The molecule has 0 N–H and O–H groups in total. The summed E-state index contributed by atoms with van der Waals surface area (Å²) in [6, 6.07) is 0. The van der Waals surface area contributed by atoms with Crippen LogP contribution < -0.4 is 0 Å². The maximum absolute atomic E-state index is 14.6. The monoisotopic (exact) mass is 313 g/mol. The van der Waals surface area contributed by atoms with Gasteiger partial charge in [-0.05, 0) is 51.4 Å². The van der Waals surface area contributed by atoms with Gasteiger partial charge in [-0.25, -0.2) is 4.68 Å². The molecule has 2 rings (SSSR count). The summed E-state index contributed by atoms with van der Waals surface area (Å²) in [5, 5.41) is 7.89. The van der Waals surface area contributed by atoms with Gasteiger partial charge in [-0.1, -0.05) is 32.4 Å². The molecule has 0 saturated carbocycles. The summed E-state index contributed by atoms with van der Waals surface area (Å²) in [7, 11) is 0. The number of halogens is 2. The van der Waals surface area contributed by atoms with Crippen LogP contribution in [-0.4, -0.2) is 15.0 Å². The zero-order chi connectivity index (χ0) is 16.8. The first-order valence-corrected chi connectivity index (χ1v) is 8.32. The van der Waals surface area contributed by atoms with E-state index in [-0.39, 0.29) is 23.1 Å². The molecule has 1 aliphatic carbocycles. The van der Waals surface area contributed by atoms with Crippen molar-refractivity contribution < 1.29 is 8.78 Å². The SMILES string of the molecule is CCC(C)(C)C1CCc2c(nnn2C(C)(C)C)C(F)(F)CC1. The summed E-state index contributed by atoms with van der Waals surface area (Å²) < 4.78 is 30.9. The van der Waals surface area contributed by atoms with Gasteiger partial charge in [-0.15, -0.1) is 5.10 Å². The topological polar surface area (TPSA) is 30.7 Å². The Balaban J connectivity index is 2.41. The molecule has 1 aromatic rings. The summed E-state index contributed by atoms with van der Waals surface area (Å²) in [5.41, 5.74) is 0.281. The second-order valence-corrected chi connectivity index (χ2v) is 8.29. The van der Waals surface area contributed by atoms with Crippen LogP contribution in [0.4, 0.5) is 8.78 Å². The van der Waals surface area contributed by atoms with Crippen molar-refractivity contribution in [3.05, 3.63) is 11.4 Å². The van der Waals surface area contributed by atoms with Crippen LogP contribution in [0.2, 0.25) is 0 Å². The molecule has 0 spiro atoms. The lowest BCUT2D eigenvalue weighted by Gasteiger charge is -2.36. The molecule has 22 heavy (non-hydrogen) atoms. The molecule has 1 unspecified atom stereocenters. The van der Waals surface area contributed by atoms with E-state index in [2.05, 4.69) is 31.1 Å². The van der Waals surface area contributed by atoms with Gasteiger partial charge in [0.1, 0.15) is 0 Å². The van der Waals surface area contributed by atoms with Crippen LogP contribution in [-0.2, 0) is 17.9 Å². The first kappa shape index (κ1) is 17.4. The minimum absolute atomic E-state index is 0.0909. The number of nitrogens with zero attached hydrogens (tertiary/aromatic N) is 3. The number of aromatic nitrogens is 3. The minimum Gasteiger partial charge on any atom is -0.244 e. The Kier molecular flexibility index (Phi) is 4.39. The highest BCUT2D eigenvalue weighted by atomic mass is 19.3. The smallest absolute Gasteiger partial charge is 0.244 e. The maximum Gasteiger partial charge on any atom is 0.293 e. The van der Waals surface area contributed by atoms with Crippen LogP contribution in [0, 0.1) is 11.3 Å². The molecule has 0 aromatic carbocycles. The van der Waals surface area contributed by atoms with E-state index in [1.807, 2.05) is 20.8 Å². The van der Waals surface area contributed by atoms with Crippen LogP contribution in [0.1, 0.15) is 78.6 Å². The lowest BCUT2D eigenvalue weighted by Crippen LogP contribution is -2.31. The largest absolute Gasteiger partial charge is 0.293 e. The van der Waals surface area contributed by atoms with Crippen molar-refractivity contribution in [2.24, 2.45) is 11.3 Å². The Morgan fingerprint density at radius 2 is 1.82 bits per heavy atom. The number of fused-ring (bicyclic) bond motifs is 1. The maximum atomic E-state index is 14.6. The van der Waals surface area contributed by atoms with E-state index in [9.17, 15) is 8.78 Å². The zero-order valence-electron chi connectivity index (χ0n) is 14.7. The molecule has 1 aromatic heterocycles. The molecule has 3 nitrogen and oxygen atoms in total. The molecular formula is C17H29F2N3. The lowest BCUT2D eigenvalue weighted by atomic mass is 9.71. The molecule has 0 amide bonds. The standard InChI is InChI=1S/C17H29F2N3/c1-7-16(5,6)12-8-9-13-14(17(18,19)11-10-12)20-21-22(13)15(2,3)4/h12H,7-11H2,1-6H3. The number of hydrogen-bond acceptors (Lipinski definition) is 2. The fraction of sp³-hybridized carbons (Fsp3) is 0.882. The van der Waals surface area contributed by atoms with Gasteiger partial charge in [-0.3, -0.25) is 0 Å². The summed E-state index contributed by atoms with van der Waals surface area (Å²) in [4.78, 5) is 0. The van der Waals surface area contributed by atoms with Gasteiger partial charge < -0.3 is 0 Å². The van der Waals surface area contributed by atoms with Gasteiger partial charge in [-0.2, -0.15) is 8.78 Å². The molecule has 0 bridgehead atoms. The van der Waals surface area contributed by atoms with Crippen molar-refractivity contribution in [3.63, 3.8) is 0 Å². The van der Waals surface area contributed by atoms with Crippen LogP contribution in [0.5, 0.6) is 0 Å². The zero-order valence-corrected chi connectivity index (χ0v) is 14.7. The second kappa shape index (κ2) is 5.57. The third-order valence-corrected chi connectivity index (χ3v) is 5.30. The number of alkyl halides is 2. The van der Waals surface area contributed by atoms with E-state index in [1.54, 1.807) is 4.68 Å². The van der Waals surface area contributed by atoms with Crippen molar-refractivity contribution in [1.29, 1.82) is 0 Å². The molecule has 0 fully saturated rings. The number of rotatable bonds is 2. The molecule has 0 radical (unpaired) electrons. The fourth-order valence-corrected chi connectivity index (χ4v) is 3.35. The van der Waals surface area contributed by atoms with Crippen LogP contribution in [0.25, 0.3) is 0 Å². The Labute approximate surface area is 132 Å². The lowest BCUT2D eigenvalue weighted by molar-refractivity contribution is -0.0334. The van der Waals surface area contributed by atoms with Crippen LogP contribution in [0.15, 0.2) is 0 Å². The van der Waals surface area contributed by atoms with Crippen molar-refractivity contribution >= 4 is 0 Å². The molecule has 1 heterocycles. The van der Waals surface area contributed by atoms with E-state index in [0.717, 1.165) is 12.8 Å². The van der Waals surface area contributed by atoms with E-state index < -0.39 is 5.92 Å². The molecule has 1 aliphatic rings. The Hall–Kier alpha value is -1.00. The molecular weight excluding hydrogens is 284 g/mol. The third kappa shape index (κ3) is 3.18. The Morgan fingerprint density at radius 3 is 2.36 bits per heavy atom. The normalized spacial score (nSPS) is 22.8. The Morgan fingerprint density at radius 1 is 1.18 bits per heavy atom. The van der Waals surface area contributed by atoms with Crippen molar-refractivity contribution in [1.82, 2.24) is 15.0 Å². The highest BCUT2D eigenvalue weighted by Gasteiger charge is 2.43. The molecule has 126 valence electrons. The predicted molar refractivity (Wildman–Crippen MR) is 84.0 cm³/mol. The first-order valence-electron chi connectivity index (χ1n) is 8.32. The van der Waals surface area contributed by atoms with Gasteiger partial charge in [0.15, 0.2) is 5.69 Å². The van der Waals surface area contributed by atoms with Gasteiger partial charge >= 0.3 is 0 Å². The van der Waals surface area contributed by atoms with Gasteiger partial charge in [0.25, 0.3) is 5.92 Å². The highest BCUT2D eigenvalue weighted by Crippen LogP contribution is 2.44. The summed E-state index contributed by atoms with van der Waals surface area (Å²) in [6.45, 7) is 12.5. The summed E-state index contributed by atoms with van der Waals surface area (Å²) in [5.74, 6) is -2.57. The van der Waals surface area contributed by atoms with Crippen LogP contribution >= 0.6 is 0 Å². The molecule has 0 saturated heterocycles. The number of hydrogen-bond donors (Lipinski definition) is 0. The Bertz CT molecular complexity index is 526. The van der Waals surface area contributed by atoms with Crippen LogP contribution in [0.3, 0.4) is 0 Å². The summed E-state index contributed by atoms with van der Waals surface area (Å²) >= 11 is 0. The molecule has 1 atom stereocenters. The van der Waals surface area contributed by atoms with Gasteiger partial charge in [0, 0.05) is 6.42 Å². The van der Waals surface area contributed by atoms with E-state index in [1.165, 1.54) is 0 Å². The molecule has 0 aliphatic heterocycles. The summed E-state index contributed by atoms with van der Waals surface area (Å²) in [6.07, 6.45) is 2.98. The van der Waals surface area contributed by atoms with E-state index in [0.29, 0.717) is 24.5 Å². The third-order valence-electron chi connectivity index (χ3n) is 5.30. The minimum atomic E-state index is -2.87. The van der Waals surface area contributed by atoms with E-state index >= 15 is 0 Å². The quantitative estimate of drug-likeness (QED) is 0.777. The van der Waals surface area contributed by atoms with Gasteiger partial charge in [0.05, 0.1) is 11.2 Å². The average molecular weight is 313 g/mol. The second-order valence-electron chi connectivity index (χ2n) is 8.29. The fourth-order valence-electron chi connectivity index (χ4n) is 3.35.